The second-order valence-electron chi connectivity index (χ2n) is 4.20. The van der Waals surface area contributed by atoms with Gasteiger partial charge in [0.25, 0.3) is 0 Å². The number of benzene rings is 1. The topological polar surface area (TPSA) is 61.0 Å². The molecule has 0 spiro atoms. The molecule has 0 fully saturated rings. The number of carbonyl (C=O) groups is 1. The van der Waals surface area contributed by atoms with Gasteiger partial charge >= 0.3 is 5.97 Å². The van der Waals surface area contributed by atoms with Gasteiger partial charge in [-0.2, -0.15) is 0 Å². The standard InChI is InChI=1S/C15H10ClNO4/c1-19-9-4-5-11(12(16)7-9)14-17-13(15(18)21-14)8-10-3-2-6-20-10/h2-8H,1H3. The zero-order valence-electron chi connectivity index (χ0n) is 11.0. The second kappa shape index (κ2) is 5.46. The van der Waals surface area contributed by atoms with Crippen LogP contribution in [0.4, 0.5) is 0 Å². The molecule has 0 amide bonds. The molecule has 1 aliphatic rings. The van der Waals surface area contributed by atoms with Crippen molar-refractivity contribution in [3.05, 3.63) is 58.6 Å². The van der Waals surface area contributed by atoms with Crippen molar-refractivity contribution in [3.63, 3.8) is 0 Å². The maximum Gasteiger partial charge on any atom is 0.363 e. The Kier molecular flexibility index (Phi) is 3.50. The zero-order chi connectivity index (χ0) is 14.8. The van der Waals surface area contributed by atoms with Gasteiger partial charge in [-0.1, -0.05) is 11.6 Å². The summed E-state index contributed by atoms with van der Waals surface area (Å²) in [4.78, 5) is 16.0. The minimum absolute atomic E-state index is 0.158. The van der Waals surface area contributed by atoms with Gasteiger partial charge in [0.05, 0.1) is 24.0 Å². The molecule has 0 saturated heterocycles. The molecule has 0 N–H and O–H groups in total. The average molecular weight is 304 g/mol. The predicted octanol–water partition coefficient (Wildman–Crippen LogP) is 3.29. The third-order valence-corrected chi connectivity index (χ3v) is 3.16. The van der Waals surface area contributed by atoms with Gasteiger partial charge < -0.3 is 13.9 Å². The highest BCUT2D eigenvalue weighted by atomic mass is 35.5. The van der Waals surface area contributed by atoms with Crippen LogP contribution in [-0.4, -0.2) is 19.0 Å². The Morgan fingerprint density at radius 3 is 2.86 bits per heavy atom. The summed E-state index contributed by atoms with van der Waals surface area (Å²) in [6.45, 7) is 0. The van der Waals surface area contributed by atoms with E-state index in [2.05, 4.69) is 4.99 Å². The Hall–Kier alpha value is -2.53. The lowest BCUT2D eigenvalue weighted by atomic mass is 10.2. The minimum atomic E-state index is -0.548. The SMILES string of the molecule is COc1ccc(C2=NC(=Cc3ccco3)C(=O)O2)c(Cl)c1. The fourth-order valence-electron chi connectivity index (χ4n) is 1.83. The second-order valence-corrected chi connectivity index (χ2v) is 4.60. The number of hydrogen-bond donors (Lipinski definition) is 0. The molecule has 1 aromatic carbocycles. The molecule has 2 heterocycles. The molecule has 0 saturated carbocycles. The molecule has 21 heavy (non-hydrogen) atoms. The Morgan fingerprint density at radius 1 is 1.33 bits per heavy atom. The van der Waals surface area contributed by atoms with E-state index >= 15 is 0 Å². The van der Waals surface area contributed by atoms with Crippen LogP contribution in [0.1, 0.15) is 11.3 Å². The number of methoxy groups -OCH3 is 1. The largest absolute Gasteiger partial charge is 0.497 e. The number of cyclic esters (lactones) is 1. The van der Waals surface area contributed by atoms with Crippen molar-refractivity contribution < 1.29 is 18.7 Å². The zero-order valence-corrected chi connectivity index (χ0v) is 11.8. The first kappa shape index (κ1) is 13.5. The van der Waals surface area contributed by atoms with Crippen molar-refractivity contribution in [1.82, 2.24) is 0 Å². The highest BCUT2D eigenvalue weighted by Gasteiger charge is 2.26. The number of aliphatic imine (C=N–C) groups is 1. The van der Waals surface area contributed by atoms with Gasteiger partial charge in [0.1, 0.15) is 11.5 Å². The van der Waals surface area contributed by atoms with E-state index in [1.807, 2.05) is 0 Å². The highest BCUT2D eigenvalue weighted by molar-refractivity contribution is 6.34. The van der Waals surface area contributed by atoms with Crippen LogP contribution in [0.5, 0.6) is 5.75 Å². The van der Waals surface area contributed by atoms with E-state index in [4.69, 9.17) is 25.5 Å². The molecule has 0 bridgehead atoms. The summed E-state index contributed by atoms with van der Waals surface area (Å²) in [6.07, 6.45) is 3.02. The number of hydrogen-bond acceptors (Lipinski definition) is 5. The van der Waals surface area contributed by atoms with Crippen LogP contribution in [0, 0.1) is 0 Å². The number of ether oxygens (including phenoxy) is 2. The van der Waals surface area contributed by atoms with Crippen LogP contribution in [-0.2, 0) is 9.53 Å². The molecular formula is C15H10ClNO4. The monoisotopic (exact) mass is 303 g/mol. The molecule has 2 aromatic rings. The normalized spacial score (nSPS) is 16.0. The molecule has 0 unspecified atom stereocenters. The number of rotatable bonds is 3. The van der Waals surface area contributed by atoms with E-state index < -0.39 is 5.97 Å². The van der Waals surface area contributed by atoms with E-state index in [0.717, 1.165) is 0 Å². The van der Waals surface area contributed by atoms with Crippen LogP contribution in [0.25, 0.3) is 6.08 Å². The summed E-state index contributed by atoms with van der Waals surface area (Å²) >= 11 is 6.14. The van der Waals surface area contributed by atoms with Crippen molar-refractivity contribution in [3.8, 4) is 5.75 Å². The fourth-order valence-corrected chi connectivity index (χ4v) is 2.08. The number of carbonyl (C=O) groups excluding carboxylic acids is 1. The van der Waals surface area contributed by atoms with Crippen LogP contribution >= 0.6 is 11.6 Å². The summed E-state index contributed by atoms with van der Waals surface area (Å²) < 4.78 is 15.4. The number of esters is 1. The first-order chi connectivity index (χ1) is 10.2. The maximum absolute atomic E-state index is 11.8. The van der Waals surface area contributed by atoms with Crippen molar-refractivity contribution in [2.75, 3.05) is 7.11 Å². The number of furan rings is 1. The van der Waals surface area contributed by atoms with Gasteiger partial charge in [0.15, 0.2) is 5.70 Å². The predicted molar refractivity (Wildman–Crippen MR) is 77.3 cm³/mol. The van der Waals surface area contributed by atoms with Crippen molar-refractivity contribution in [2.45, 2.75) is 0 Å². The van der Waals surface area contributed by atoms with Crippen LogP contribution in [0.3, 0.4) is 0 Å². The van der Waals surface area contributed by atoms with Gasteiger partial charge in [-0.3, -0.25) is 0 Å². The molecular weight excluding hydrogens is 294 g/mol. The molecule has 3 rings (SSSR count). The Labute approximate surface area is 125 Å². The van der Waals surface area contributed by atoms with E-state index in [1.165, 1.54) is 12.3 Å². The first-order valence-electron chi connectivity index (χ1n) is 6.07. The third kappa shape index (κ3) is 2.68. The fraction of sp³-hybridized carbons (Fsp3) is 0.0667. The smallest absolute Gasteiger partial charge is 0.363 e. The van der Waals surface area contributed by atoms with Gasteiger partial charge in [-0.15, -0.1) is 0 Å². The highest BCUT2D eigenvalue weighted by Crippen LogP contribution is 2.27. The minimum Gasteiger partial charge on any atom is -0.497 e. The first-order valence-corrected chi connectivity index (χ1v) is 6.45. The average Bonchev–Trinajstić information content (AvgIpc) is 3.10. The molecule has 1 aliphatic heterocycles. The van der Waals surface area contributed by atoms with Gasteiger partial charge in [0, 0.05) is 6.08 Å². The molecule has 0 aliphatic carbocycles. The molecule has 5 nitrogen and oxygen atoms in total. The number of nitrogens with zero attached hydrogens (tertiary/aromatic N) is 1. The molecule has 1 aromatic heterocycles. The maximum atomic E-state index is 11.8. The number of halogens is 1. The lowest BCUT2D eigenvalue weighted by Crippen LogP contribution is -2.06. The molecule has 0 radical (unpaired) electrons. The van der Waals surface area contributed by atoms with Crippen LogP contribution < -0.4 is 4.74 Å². The van der Waals surface area contributed by atoms with Crippen molar-refractivity contribution in [1.29, 1.82) is 0 Å². The van der Waals surface area contributed by atoms with E-state index in [1.54, 1.807) is 37.4 Å². The summed E-state index contributed by atoms with van der Waals surface area (Å²) in [6, 6.07) is 8.46. The van der Waals surface area contributed by atoms with E-state index in [0.29, 0.717) is 22.1 Å². The summed E-state index contributed by atoms with van der Waals surface area (Å²) in [5.74, 6) is 0.742. The quantitative estimate of drug-likeness (QED) is 0.645. The van der Waals surface area contributed by atoms with Crippen LogP contribution in [0.2, 0.25) is 5.02 Å². The molecule has 106 valence electrons. The lowest BCUT2D eigenvalue weighted by molar-refractivity contribution is -0.129. The lowest BCUT2D eigenvalue weighted by Gasteiger charge is -2.05. The van der Waals surface area contributed by atoms with E-state index in [-0.39, 0.29) is 11.6 Å². The van der Waals surface area contributed by atoms with Crippen molar-refractivity contribution in [2.24, 2.45) is 4.99 Å². The van der Waals surface area contributed by atoms with Gasteiger partial charge in [0.2, 0.25) is 5.90 Å². The van der Waals surface area contributed by atoms with Gasteiger partial charge in [-0.05, 0) is 30.3 Å². The van der Waals surface area contributed by atoms with Crippen LogP contribution in [0.15, 0.2) is 51.7 Å². The Morgan fingerprint density at radius 2 is 2.19 bits per heavy atom. The molecule has 6 heteroatoms. The molecule has 0 atom stereocenters. The summed E-state index contributed by atoms with van der Waals surface area (Å²) in [7, 11) is 1.54. The summed E-state index contributed by atoms with van der Waals surface area (Å²) in [5, 5.41) is 0.389. The van der Waals surface area contributed by atoms with Crippen molar-refractivity contribution >= 4 is 29.5 Å². The third-order valence-electron chi connectivity index (χ3n) is 2.85. The van der Waals surface area contributed by atoms with E-state index in [9.17, 15) is 4.79 Å². The summed E-state index contributed by atoms with van der Waals surface area (Å²) in [5.41, 5.74) is 0.681. The Bertz CT molecular complexity index is 747. The Balaban J connectivity index is 1.95. The van der Waals surface area contributed by atoms with Gasteiger partial charge in [-0.25, -0.2) is 9.79 Å².